The van der Waals surface area contributed by atoms with E-state index in [9.17, 15) is 17.7 Å². The fourth-order valence-corrected chi connectivity index (χ4v) is 1.32. The van der Waals surface area contributed by atoms with E-state index in [1.54, 1.807) is 24.3 Å². The molecule has 17 heavy (non-hydrogen) atoms. The normalized spacial score (nSPS) is 10.6. The van der Waals surface area contributed by atoms with Crippen LogP contribution in [-0.2, 0) is 4.79 Å². The molecule has 0 unspecified atom stereocenters. The maximum Gasteiger partial charge on any atom is 1.00 e. The Kier molecular flexibility index (Phi) is 8.27. The van der Waals surface area contributed by atoms with Crippen molar-refractivity contribution in [1.29, 1.82) is 0 Å². The number of carbonyl (C=O) groups excluding carboxylic acids is 1. The van der Waals surface area contributed by atoms with Crippen molar-refractivity contribution in [2.24, 2.45) is 0 Å². The van der Waals surface area contributed by atoms with E-state index < -0.39 is 25.6 Å². The third-order valence-corrected chi connectivity index (χ3v) is 2.36. The van der Waals surface area contributed by atoms with Crippen molar-refractivity contribution in [2.75, 3.05) is 5.32 Å². The summed E-state index contributed by atoms with van der Waals surface area (Å²) in [5, 5.41) is 2.39. The van der Waals surface area contributed by atoms with Crippen molar-refractivity contribution in [2.45, 2.75) is 12.7 Å². The summed E-state index contributed by atoms with van der Waals surface area (Å²) < 4.78 is 36.5. The van der Waals surface area contributed by atoms with E-state index in [1.807, 2.05) is 0 Å². The summed E-state index contributed by atoms with van der Waals surface area (Å²) in [5.41, 5.74) is 0.489. The van der Waals surface area contributed by atoms with Gasteiger partial charge in [-0.2, -0.15) is 0 Å². The number of nitrogens with one attached hydrogen (secondary N) is 1. The molecule has 1 aromatic rings. The predicted molar refractivity (Wildman–Crippen MR) is 61.3 cm³/mol. The smallest absolute Gasteiger partial charge is 0.449 e. The molecule has 1 rings (SSSR count). The van der Waals surface area contributed by atoms with Crippen LogP contribution in [-0.4, -0.2) is 12.9 Å². The molecule has 0 atom stereocenters. The Labute approximate surface area is 148 Å². The van der Waals surface area contributed by atoms with Crippen molar-refractivity contribution in [3.63, 3.8) is 0 Å². The molecule has 0 aliphatic heterocycles. The fraction of sp³-hybridized carbons (Fsp3) is 0.222. The molecule has 88 valence electrons. The molecule has 8 heteroatoms. The first kappa shape index (κ1) is 17.7. The summed E-state index contributed by atoms with van der Waals surface area (Å²) >= 11 is 3.21. The summed E-state index contributed by atoms with van der Waals surface area (Å²) in [6.07, 6.45) is -1.57. The number of halogens is 4. The van der Waals surface area contributed by atoms with Crippen molar-refractivity contribution in [3.8, 4) is 0 Å². The van der Waals surface area contributed by atoms with Gasteiger partial charge in [-0.25, -0.2) is 0 Å². The maximum atomic E-state index is 11.9. The molecule has 0 fully saturated rings. The first-order valence-corrected chi connectivity index (χ1v) is 5.42. The second-order valence-electron chi connectivity index (χ2n) is 3.30. The summed E-state index contributed by atoms with van der Waals surface area (Å²) in [7, 11) is 0. The summed E-state index contributed by atoms with van der Waals surface area (Å²) in [6, 6.07) is 6.62. The van der Waals surface area contributed by atoms with Crippen LogP contribution in [0.1, 0.15) is 6.42 Å². The number of benzene rings is 1. The molecule has 1 amide bonds. The van der Waals surface area contributed by atoms with Gasteiger partial charge in [0.1, 0.15) is 0 Å². The van der Waals surface area contributed by atoms with Crippen LogP contribution in [0.15, 0.2) is 28.7 Å². The van der Waals surface area contributed by atoms with E-state index in [0.717, 1.165) is 4.47 Å². The van der Waals surface area contributed by atoms with E-state index in [-0.39, 0.29) is 51.4 Å². The van der Waals surface area contributed by atoms with E-state index in [0.29, 0.717) is 5.69 Å². The molecule has 0 saturated heterocycles. The molecule has 1 aromatic carbocycles. The van der Waals surface area contributed by atoms with Crippen LogP contribution < -0.4 is 56.7 Å². The van der Waals surface area contributed by atoms with Crippen molar-refractivity contribution in [3.05, 3.63) is 28.7 Å². The Balaban J connectivity index is 0.00000256. The van der Waals surface area contributed by atoms with Gasteiger partial charge in [0.15, 0.2) is 0 Å². The first-order chi connectivity index (χ1) is 7.37. The zero-order valence-electron chi connectivity index (χ0n) is 9.22. The zero-order valence-corrected chi connectivity index (χ0v) is 13.9. The minimum atomic E-state index is -4.89. The molecule has 0 aliphatic rings. The number of amides is 1. The van der Waals surface area contributed by atoms with Gasteiger partial charge in [-0.1, -0.05) is 22.3 Å². The Bertz CT molecular complexity index is 371. The number of carbonyl (C=O) groups is 1. The van der Waals surface area contributed by atoms with Crippen LogP contribution in [0.2, 0.25) is 6.32 Å². The molecular formula is C9H9BBrF3KNO. The number of hydrogen-bond donors (Lipinski definition) is 1. The Hall–Kier alpha value is 0.661. The van der Waals surface area contributed by atoms with E-state index in [1.165, 1.54) is 0 Å². The monoisotopic (exact) mass is 333 g/mol. The van der Waals surface area contributed by atoms with Gasteiger partial charge in [0.2, 0.25) is 5.91 Å². The van der Waals surface area contributed by atoms with Gasteiger partial charge in [0.05, 0.1) is 0 Å². The summed E-state index contributed by atoms with van der Waals surface area (Å²) in [5.74, 6) is -0.624. The van der Waals surface area contributed by atoms with Crippen molar-refractivity contribution < 1.29 is 69.1 Å². The second kappa shape index (κ2) is 7.96. The summed E-state index contributed by atoms with van der Waals surface area (Å²) in [6.45, 7) is -4.89. The molecule has 0 aromatic heterocycles. The fourth-order valence-electron chi connectivity index (χ4n) is 1.05. The quantitative estimate of drug-likeness (QED) is 0.805. The van der Waals surface area contributed by atoms with Gasteiger partial charge >= 0.3 is 58.4 Å². The van der Waals surface area contributed by atoms with Crippen LogP contribution in [0.4, 0.5) is 18.6 Å². The molecular weight excluding hydrogens is 325 g/mol. The molecule has 0 aliphatic carbocycles. The average Bonchev–Trinajstić information content (AvgIpc) is 2.18. The third-order valence-electron chi connectivity index (χ3n) is 1.83. The van der Waals surface area contributed by atoms with Gasteiger partial charge in [-0.3, -0.25) is 4.79 Å². The SMILES string of the molecule is O=C(CC[B-](F)(F)F)Nc1ccc(Br)cc1.[K+]. The molecule has 2 nitrogen and oxygen atoms in total. The van der Waals surface area contributed by atoms with Gasteiger partial charge in [-0.05, 0) is 24.3 Å². The van der Waals surface area contributed by atoms with Gasteiger partial charge in [0.25, 0.3) is 0 Å². The van der Waals surface area contributed by atoms with E-state index in [2.05, 4.69) is 21.2 Å². The van der Waals surface area contributed by atoms with Crippen LogP contribution in [0.5, 0.6) is 0 Å². The predicted octanol–water partition coefficient (Wildman–Crippen LogP) is 0.629. The minimum Gasteiger partial charge on any atom is -0.449 e. The largest absolute Gasteiger partial charge is 1.00 e. The molecule has 0 spiro atoms. The first-order valence-electron chi connectivity index (χ1n) is 4.63. The second-order valence-corrected chi connectivity index (χ2v) is 4.22. The van der Waals surface area contributed by atoms with Gasteiger partial charge in [0, 0.05) is 16.6 Å². The van der Waals surface area contributed by atoms with Crippen molar-refractivity contribution in [1.82, 2.24) is 0 Å². The van der Waals surface area contributed by atoms with Crippen molar-refractivity contribution >= 4 is 34.5 Å². The molecule has 0 radical (unpaired) electrons. The van der Waals surface area contributed by atoms with Gasteiger partial charge in [-0.15, -0.1) is 0 Å². The Morgan fingerprint density at radius 3 is 2.24 bits per heavy atom. The number of anilines is 1. The number of rotatable bonds is 4. The topological polar surface area (TPSA) is 29.1 Å². The molecule has 1 N–H and O–H groups in total. The number of hydrogen-bond acceptors (Lipinski definition) is 1. The summed E-state index contributed by atoms with van der Waals surface area (Å²) in [4.78, 5) is 11.1. The van der Waals surface area contributed by atoms with Crippen LogP contribution in [0.3, 0.4) is 0 Å². The maximum absolute atomic E-state index is 11.9. The third kappa shape index (κ3) is 8.39. The molecule has 0 bridgehead atoms. The Morgan fingerprint density at radius 1 is 1.24 bits per heavy atom. The van der Waals surface area contributed by atoms with E-state index >= 15 is 0 Å². The minimum absolute atomic E-state index is 0. The molecule has 0 saturated carbocycles. The van der Waals surface area contributed by atoms with Crippen LogP contribution in [0.25, 0.3) is 0 Å². The standard InChI is InChI=1S/C9H9BBrF3NO.K/c11-7-1-3-8(4-2-7)15-9(16)5-6-10(12,13)14;/h1-4H,5-6H2,(H,15,16);/q-1;+1. The Morgan fingerprint density at radius 2 is 1.76 bits per heavy atom. The van der Waals surface area contributed by atoms with Crippen LogP contribution >= 0.6 is 15.9 Å². The van der Waals surface area contributed by atoms with Crippen LogP contribution in [0, 0.1) is 0 Å². The zero-order chi connectivity index (χ0) is 12.2. The van der Waals surface area contributed by atoms with E-state index in [4.69, 9.17) is 0 Å². The molecule has 0 heterocycles. The van der Waals surface area contributed by atoms with Gasteiger partial charge < -0.3 is 18.3 Å². The average molecular weight is 334 g/mol.